The Labute approximate surface area is 458 Å². The lowest BCUT2D eigenvalue weighted by Gasteiger charge is -2.18. The first-order chi connectivity index (χ1) is 36.5. The van der Waals surface area contributed by atoms with E-state index in [0.29, 0.717) is 19.3 Å². The third kappa shape index (κ3) is 59.5. The van der Waals surface area contributed by atoms with E-state index in [-0.39, 0.29) is 37.5 Å². The maximum Gasteiger partial charge on any atom is 0.306 e. The van der Waals surface area contributed by atoms with Gasteiger partial charge in [-0.2, -0.15) is 0 Å². The summed E-state index contributed by atoms with van der Waals surface area (Å²) in [7, 11) is 0. The van der Waals surface area contributed by atoms with Crippen LogP contribution < -0.4 is 0 Å². The number of carbonyl (C=O) groups excluding carboxylic acids is 3. The van der Waals surface area contributed by atoms with Gasteiger partial charge in [-0.25, -0.2) is 0 Å². The number of hydrogen-bond acceptors (Lipinski definition) is 6. The minimum absolute atomic E-state index is 0.103. The van der Waals surface area contributed by atoms with Gasteiger partial charge in [-0.15, -0.1) is 0 Å². The van der Waals surface area contributed by atoms with Crippen molar-refractivity contribution in [2.75, 3.05) is 13.2 Å². The molecule has 0 aliphatic rings. The van der Waals surface area contributed by atoms with Crippen molar-refractivity contribution in [2.45, 2.75) is 316 Å². The molecule has 0 heterocycles. The molecule has 426 valence electrons. The van der Waals surface area contributed by atoms with Crippen LogP contribution in [-0.4, -0.2) is 37.2 Å². The molecule has 74 heavy (non-hydrogen) atoms. The standard InChI is InChI=1S/C68H118O6/c1-4-7-10-13-16-19-22-25-28-31-33-34-36-38-41-43-46-49-52-55-58-61-67(70)73-64-65(74-68(71)62-59-56-53-50-47-44-39-30-27-24-21-18-15-12-9-6-3)63-72-66(69)60-57-54-51-48-45-42-40-37-35-32-29-26-23-20-17-14-11-8-5-2/h17,20-21,24,26,29-30,35,37,39,42,45,51,54,65H,4-16,18-19,22-23,25,27-28,31-34,36,38,40-41,43-44,46-50,52-53,55-64H2,1-3H3/b20-17-,24-21-,29-26-,37-35-,39-30-,45-42-,54-51-. The Bertz CT molecular complexity index is 1420. The molecule has 1 unspecified atom stereocenters. The maximum absolute atomic E-state index is 12.9. The fraction of sp³-hybridized carbons (Fsp3) is 0.750. The summed E-state index contributed by atoms with van der Waals surface area (Å²) in [6, 6.07) is 0. The second-order valence-corrected chi connectivity index (χ2v) is 21.0. The van der Waals surface area contributed by atoms with Crippen LogP contribution in [0.15, 0.2) is 85.1 Å². The molecule has 6 heteroatoms. The molecular weight excluding hydrogens is 913 g/mol. The van der Waals surface area contributed by atoms with Crippen molar-refractivity contribution >= 4 is 17.9 Å². The summed E-state index contributed by atoms with van der Waals surface area (Å²) in [5, 5.41) is 0. The Balaban J connectivity index is 4.45. The topological polar surface area (TPSA) is 78.9 Å². The van der Waals surface area contributed by atoms with Crippen molar-refractivity contribution in [3.05, 3.63) is 85.1 Å². The molecule has 6 nitrogen and oxygen atoms in total. The highest BCUT2D eigenvalue weighted by Gasteiger charge is 2.19. The van der Waals surface area contributed by atoms with Gasteiger partial charge >= 0.3 is 17.9 Å². The quantitative estimate of drug-likeness (QED) is 0.0261. The van der Waals surface area contributed by atoms with E-state index in [2.05, 4.69) is 99.8 Å². The van der Waals surface area contributed by atoms with E-state index >= 15 is 0 Å². The largest absolute Gasteiger partial charge is 0.462 e. The van der Waals surface area contributed by atoms with Crippen molar-refractivity contribution in [3.8, 4) is 0 Å². The van der Waals surface area contributed by atoms with Gasteiger partial charge in [0.25, 0.3) is 0 Å². The van der Waals surface area contributed by atoms with Gasteiger partial charge in [-0.1, -0.05) is 286 Å². The highest BCUT2D eigenvalue weighted by molar-refractivity contribution is 5.71. The van der Waals surface area contributed by atoms with Crippen LogP contribution in [0.4, 0.5) is 0 Å². The fourth-order valence-electron chi connectivity index (χ4n) is 8.87. The number of hydrogen-bond donors (Lipinski definition) is 0. The lowest BCUT2D eigenvalue weighted by atomic mass is 10.0. The second kappa shape index (κ2) is 62.1. The van der Waals surface area contributed by atoms with Crippen LogP contribution in [0.1, 0.15) is 310 Å². The second-order valence-electron chi connectivity index (χ2n) is 21.0. The first kappa shape index (κ1) is 70.6. The zero-order chi connectivity index (χ0) is 53.6. The molecule has 0 N–H and O–H groups in total. The van der Waals surface area contributed by atoms with Gasteiger partial charge in [-0.3, -0.25) is 14.4 Å². The highest BCUT2D eigenvalue weighted by Crippen LogP contribution is 2.16. The predicted octanol–water partition coefficient (Wildman–Crippen LogP) is 21.5. The van der Waals surface area contributed by atoms with E-state index in [1.54, 1.807) is 0 Å². The molecule has 0 saturated heterocycles. The summed E-state index contributed by atoms with van der Waals surface area (Å²) >= 11 is 0. The average Bonchev–Trinajstić information content (AvgIpc) is 3.40. The number of esters is 3. The van der Waals surface area contributed by atoms with Crippen LogP contribution in [0, 0.1) is 0 Å². The number of allylic oxidation sites excluding steroid dienone is 14. The first-order valence-electron chi connectivity index (χ1n) is 31.6. The van der Waals surface area contributed by atoms with Crippen molar-refractivity contribution in [1.82, 2.24) is 0 Å². The van der Waals surface area contributed by atoms with E-state index in [1.165, 1.54) is 173 Å². The Morgan fingerprint density at radius 1 is 0.270 bits per heavy atom. The Kier molecular flexibility index (Phi) is 59.3. The van der Waals surface area contributed by atoms with Gasteiger partial charge in [0.15, 0.2) is 6.10 Å². The molecule has 0 aliphatic heterocycles. The third-order valence-electron chi connectivity index (χ3n) is 13.6. The SMILES string of the molecule is CCCCC/C=C\C/C=C\C/C=C\C/C=C\C/C=C\CCC(=O)OCC(COC(=O)CCCCCCCCCCCCCCCCCCCCCCC)OC(=O)CCCCCCC/C=C\C/C=C\CCCCCC. The van der Waals surface area contributed by atoms with Crippen LogP contribution in [0.25, 0.3) is 0 Å². The summed E-state index contributed by atoms with van der Waals surface area (Å²) in [6.45, 7) is 6.55. The molecule has 0 saturated carbocycles. The smallest absolute Gasteiger partial charge is 0.306 e. The monoisotopic (exact) mass is 1030 g/mol. The molecule has 0 rings (SSSR count). The molecule has 0 spiro atoms. The molecule has 0 amide bonds. The van der Waals surface area contributed by atoms with Crippen molar-refractivity contribution in [2.24, 2.45) is 0 Å². The zero-order valence-electron chi connectivity index (χ0n) is 48.8. The van der Waals surface area contributed by atoms with E-state index in [1.807, 2.05) is 6.08 Å². The Hall–Kier alpha value is -3.41. The van der Waals surface area contributed by atoms with Crippen LogP contribution in [-0.2, 0) is 28.6 Å². The van der Waals surface area contributed by atoms with Crippen molar-refractivity contribution in [3.63, 3.8) is 0 Å². The molecule has 0 radical (unpaired) electrons. The van der Waals surface area contributed by atoms with Crippen LogP contribution in [0.3, 0.4) is 0 Å². The average molecular weight is 1030 g/mol. The molecule has 0 aromatic rings. The van der Waals surface area contributed by atoms with Crippen LogP contribution in [0.5, 0.6) is 0 Å². The van der Waals surface area contributed by atoms with Crippen molar-refractivity contribution < 1.29 is 28.6 Å². The van der Waals surface area contributed by atoms with Gasteiger partial charge in [0.2, 0.25) is 0 Å². The van der Waals surface area contributed by atoms with Gasteiger partial charge in [-0.05, 0) is 89.9 Å². The van der Waals surface area contributed by atoms with E-state index < -0.39 is 6.10 Å². The Morgan fingerprint density at radius 2 is 0.514 bits per heavy atom. The predicted molar refractivity (Wildman–Crippen MR) is 321 cm³/mol. The van der Waals surface area contributed by atoms with Gasteiger partial charge in [0, 0.05) is 19.3 Å². The van der Waals surface area contributed by atoms with E-state index in [4.69, 9.17) is 14.2 Å². The summed E-state index contributed by atoms with van der Waals surface area (Å²) in [5.41, 5.74) is 0. The van der Waals surface area contributed by atoms with Crippen LogP contribution in [0.2, 0.25) is 0 Å². The fourth-order valence-corrected chi connectivity index (χ4v) is 8.87. The van der Waals surface area contributed by atoms with Gasteiger partial charge < -0.3 is 14.2 Å². The molecule has 0 aromatic carbocycles. The minimum atomic E-state index is -0.814. The third-order valence-corrected chi connectivity index (χ3v) is 13.6. The number of rotatable bonds is 57. The molecule has 0 fully saturated rings. The molecule has 1 atom stereocenters. The van der Waals surface area contributed by atoms with Gasteiger partial charge in [0.1, 0.15) is 13.2 Å². The summed E-state index contributed by atoms with van der Waals surface area (Å²) < 4.78 is 16.8. The molecule has 0 bridgehead atoms. The summed E-state index contributed by atoms with van der Waals surface area (Å²) in [4.78, 5) is 38.3. The highest BCUT2D eigenvalue weighted by atomic mass is 16.6. The van der Waals surface area contributed by atoms with Crippen molar-refractivity contribution in [1.29, 1.82) is 0 Å². The maximum atomic E-state index is 12.9. The Morgan fingerprint density at radius 3 is 0.878 bits per heavy atom. The summed E-state index contributed by atoms with van der Waals surface area (Å²) in [6.07, 6.45) is 81.7. The minimum Gasteiger partial charge on any atom is -0.462 e. The lowest BCUT2D eigenvalue weighted by Crippen LogP contribution is -2.30. The van der Waals surface area contributed by atoms with E-state index in [0.717, 1.165) is 89.9 Å². The normalized spacial score (nSPS) is 12.6. The van der Waals surface area contributed by atoms with E-state index in [9.17, 15) is 14.4 Å². The molecular formula is C68H118O6. The number of carbonyl (C=O) groups is 3. The summed E-state index contributed by atoms with van der Waals surface area (Å²) in [5.74, 6) is -0.991. The van der Waals surface area contributed by atoms with Gasteiger partial charge in [0.05, 0.1) is 0 Å². The number of unbranched alkanes of at least 4 members (excludes halogenated alkanes) is 32. The number of ether oxygens (including phenoxy) is 3. The first-order valence-corrected chi connectivity index (χ1v) is 31.6. The zero-order valence-corrected chi connectivity index (χ0v) is 48.8. The van der Waals surface area contributed by atoms with Crippen LogP contribution >= 0.6 is 0 Å². The lowest BCUT2D eigenvalue weighted by molar-refractivity contribution is -0.166. The molecule has 0 aromatic heterocycles. The molecule has 0 aliphatic carbocycles.